The summed E-state index contributed by atoms with van der Waals surface area (Å²) in [5, 5.41) is 14.8. The number of rotatable bonds is 4. The maximum Gasteiger partial charge on any atom is 0.270 e. The molecule has 110 valence electrons. The molecule has 6 nitrogen and oxygen atoms in total. The van der Waals surface area contributed by atoms with Crippen molar-refractivity contribution in [1.29, 1.82) is 0 Å². The minimum absolute atomic E-state index is 0.0176. The van der Waals surface area contributed by atoms with E-state index in [9.17, 15) is 14.9 Å². The molecule has 0 bridgehead atoms. The molecule has 1 spiro atoms. The van der Waals surface area contributed by atoms with E-state index in [-0.39, 0.29) is 22.9 Å². The summed E-state index contributed by atoms with van der Waals surface area (Å²) in [6.07, 6.45) is 4.50. The quantitative estimate of drug-likeness (QED) is 0.525. The highest BCUT2D eigenvalue weighted by molar-refractivity contribution is 5.99. The third-order valence-electron chi connectivity index (χ3n) is 4.66. The van der Waals surface area contributed by atoms with Crippen molar-refractivity contribution in [2.75, 3.05) is 0 Å². The Balaban J connectivity index is 1.64. The Labute approximate surface area is 122 Å². The second-order valence-electron chi connectivity index (χ2n) is 5.95. The molecule has 1 aromatic carbocycles. The van der Waals surface area contributed by atoms with Gasteiger partial charge in [0.15, 0.2) is 0 Å². The molecule has 0 saturated heterocycles. The Morgan fingerprint density at radius 2 is 2.24 bits per heavy atom. The molecule has 0 heterocycles. The van der Waals surface area contributed by atoms with Gasteiger partial charge in [0.25, 0.3) is 5.69 Å². The zero-order valence-electron chi connectivity index (χ0n) is 11.8. The fourth-order valence-electron chi connectivity index (χ4n) is 3.03. The monoisotopic (exact) mass is 287 g/mol. The van der Waals surface area contributed by atoms with Crippen LogP contribution in [0.15, 0.2) is 29.4 Å². The summed E-state index contributed by atoms with van der Waals surface area (Å²) in [4.78, 5) is 22.3. The van der Waals surface area contributed by atoms with Crippen LogP contribution in [0.2, 0.25) is 0 Å². The fraction of sp³-hybridized carbons (Fsp3) is 0.467. The Morgan fingerprint density at radius 3 is 2.81 bits per heavy atom. The van der Waals surface area contributed by atoms with Crippen LogP contribution in [0, 0.1) is 21.4 Å². The third-order valence-corrected chi connectivity index (χ3v) is 4.66. The van der Waals surface area contributed by atoms with Crippen LogP contribution >= 0.6 is 0 Å². The van der Waals surface area contributed by atoms with E-state index in [1.54, 1.807) is 19.1 Å². The largest absolute Gasteiger partial charge is 0.273 e. The van der Waals surface area contributed by atoms with Gasteiger partial charge in [-0.3, -0.25) is 14.9 Å². The highest BCUT2D eigenvalue weighted by Crippen LogP contribution is 2.65. The minimum Gasteiger partial charge on any atom is -0.273 e. The summed E-state index contributed by atoms with van der Waals surface area (Å²) in [5.41, 5.74) is 4.09. The molecule has 0 aliphatic heterocycles. The lowest BCUT2D eigenvalue weighted by Gasteiger charge is -2.25. The molecule has 2 aliphatic carbocycles. The second kappa shape index (κ2) is 4.95. The van der Waals surface area contributed by atoms with Crippen LogP contribution in [-0.4, -0.2) is 16.5 Å². The van der Waals surface area contributed by atoms with Gasteiger partial charge in [-0.1, -0.05) is 18.6 Å². The predicted molar refractivity (Wildman–Crippen MR) is 77.8 cm³/mol. The van der Waals surface area contributed by atoms with Crippen LogP contribution in [0.3, 0.4) is 0 Å². The standard InChI is InChI=1S/C15H17N3O3/c1-10(11-4-2-5-12(8-11)18(20)21)16-17-14(19)13-9-15(13)6-3-7-15/h2,4-5,8,13H,3,6-7,9H2,1H3,(H,17,19)/b16-10-/t13-/m0/s1. The second-order valence-corrected chi connectivity index (χ2v) is 5.95. The summed E-state index contributed by atoms with van der Waals surface area (Å²) in [6.45, 7) is 1.73. The Morgan fingerprint density at radius 1 is 1.48 bits per heavy atom. The number of carbonyl (C=O) groups excluding carboxylic acids is 1. The molecule has 1 amide bonds. The Kier molecular flexibility index (Phi) is 3.23. The van der Waals surface area contributed by atoms with Gasteiger partial charge in [0.1, 0.15) is 0 Å². The van der Waals surface area contributed by atoms with E-state index >= 15 is 0 Å². The van der Waals surface area contributed by atoms with Crippen molar-refractivity contribution in [3.05, 3.63) is 39.9 Å². The molecular formula is C15H17N3O3. The van der Waals surface area contributed by atoms with Crippen molar-refractivity contribution in [2.24, 2.45) is 16.4 Å². The Bertz CT molecular complexity index is 635. The van der Waals surface area contributed by atoms with Crippen LogP contribution in [0.4, 0.5) is 5.69 Å². The van der Waals surface area contributed by atoms with E-state index in [2.05, 4.69) is 10.5 Å². The number of nitro benzene ring substituents is 1. The molecule has 21 heavy (non-hydrogen) atoms. The molecule has 0 aromatic heterocycles. The first kappa shape index (κ1) is 13.7. The van der Waals surface area contributed by atoms with Crippen LogP contribution in [0.25, 0.3) is 0 Å². The maximum absolute atomic E-state index is 12.0. The van der Waals surface area contributed by atoms with Gasteiger partial charge >= 0.3 is 0 Å². The molecule has 1 N–H and O–H groups in total. The minimum atomic E-state index is -0.445. The summed E-state index contributed by atoms with van der Waals surface area (Å²) < 4.78 is 0. The van der Waals surface area contributed by atoms with Crippen LogP contribution < -0.4 is 5.43 Å². The summed E-state index contributed by atoms with van der Waals surface area (Å²) in [7, 11) is 0. The number of nitrogens with zero attached hydrogens (tertiary/aromatic N) is 2. The lowest BCUT2D eigenvalue weighted by Crippen LogP contribution is -2.26. The number of hydrazone groups is 1. The van der Waals surface area contributed by atoms with E-state index in [0.29, 0.717) is 11.3 Å². The lowest BCUT2D eigenvalue weighted by molar-refractivity contribution is -0.384. The number of amides is 1. The predicted octanol–water partition coefficient (Wildman–Crippen LogP) is 2.63. The van der Waals surface area contributed by atoms with Crippen LogP contribution in [-0.2, 0) is 4.79 Å². The number of benzene rings is 1. The van der Waals surface area contributed by atoms with E-state index in [1.165, 1.54) is 18.6 Å². The number of hydrogen-bond donors (Lipinski definition) is 1. The molecule has 1 atom stereocenters. The normalized spacial score (nSPS) is 22.5. The van der Waals surface area contributed by atoms with E-state index in [0.717, 1.165) is 19.3 Å². The zero-order chi connectivity index (χ0) is 15.0. The first-order valence-corrected chi connectivity index (χ1v) is 7.11. The average Bonchev–Trinajstić information content (AvgIpc) is 3.20. The first-order valence-electron chi connectivity index (χ1n) is 7.11. The first-order chi connectivity index (χ1) is 10.0. The van der Waals surface area contributed by atoms with Crippen molar-refractivity contribution in [3.63, 3.8) is 0 Å². The number of hydrogen-bond acceptors (Lipinski definition) is 4. The summed E-state index contributed by atoms with van der Waals surface area (Å²) in [5.74, 6) is 0.0763. The zero-order valence-corrected chi connectivity index (χ0v) is 11.8. The molecule has 6 heteroatoms. The molecule has 3 rings (SSSR count). The third kappa shape index (κ3) is 2.53. The highest BCUT2D eigenvalue weighted by Gasteiger charge is 2.60. The van der Waals surface area contributed by atoms with Crippen molar-refractivity contribution < 1.29 is 9.72 Å². The topological polar surface area (TPSA) is 84.6 Å². The molecule has 0 radical (unpaired) electrons. The average molecular weight is 287 g/mol. The number of nitrogens with one attached hydrogen (secondary N) is 1. The number of carbonyl (C=O) groups is 1. The van der Waals surface area contributed by atoms with Gasteiger partial charge in [0.05, 0.1) is 10.6 Å². The van der Waals surface area contributed by atoms with Gasteiger partial charge in [-0.05, 0) is 31.6 Å². The highest BCUT2D eigenvalue weighted by atomic mass is 16.6. The van der Waals surface area contributed by atoms with Gasteiger partial charge in [0, 0.05) is 23.6 Å². The van der Waals surface area contributed by atoms with Crippen LogP contribution in [0.5, 0.6) is 0 Å². The van der Waals surface area contributed by atoms with Crippen molar-refractivity contribution in [1.82, 2.24) is 5.43 Å². The Hall–Kier alpha value is -2.24. The molecule has 2 saturated carbocycles. The summed E-state index contributed by atoms with van der Waals surface area (Å²) in [6, 6.07) is 6.23. The maximum atomic E-state index is 12.0. The lowest BCUT2D eigenvalue weighted by atomic mass is 9.80. The van der Waals surface area contributed by atoms with Crippen LogP contribution in [0.1, 0.15) is 38.2 Å². The van der Waals surface area contributed by atoms with Crippen molar-refractivity contribution in [2.45, 2.75) is 32.6 Å². The van der Waals surface area contributed by atoms with Crippen molar-refractivity contribution in [3.8, 4) is 0 Å². The number of nitro groups is 1. The molecule has 0 unspecified atom stereocenters. The molecule has 1 aromatic rings. The summed E-state index contributed by atoms with van der Waals surface area (Å²) >= 11 is 0. The molecule has 2 fully saturated rings. The smallest absolute Gasteiger partial charge is 0.270 e. The van der Waals surface area contributed by atoms with Gasteiger partial charge < -0.3 is 0 Å². The molecule has 2 aliphatic rings. The number of non-ortho nitro benzene ring substituents is 1. The SMILES string of the molecule is C/C(=N/NC(=O)[C@@H]1CC12CCC2)c1cccc([N+](=O)[O-])c1. The van der Waals surface area contributed by atoms with Gasteiger partial charge in [-0.15, -0.1) is 0 Å². The van der Waals surface area contributed by atoms with Crippen molar-refractivity contribution >= 4 is 17.3 Å². The van der Waals surface area contributed by atoms with E-state index < -0.39 is 4.92 Å². The van der Waals surface area contributed by atoms with E-state index in [4.69, 9.17) is 0 Å². The van der Waals surface area contributed by atoms with Gasteiger partial charge in [0.2, 0.25) is 5.91 Å². The molecular weight excluding hydrogens is 270 g/mol. The fourth-order valence-corrected chi connectivity index (χ4v) is 3.03. The van der Waals surface area contributed by atoms with Gasteiger partial charge in [-0.2, -0.15) is 5.10 Å². The van der Waals surface area contributed by atoms with Gasteiger partial charge in [-0.25, -0.2) is 5.43 Å². The van der Waals surface area contributed by atoms with E-state index in [1.807, 2.05) is 0 Å².